The van der Waals surface area contributed by atoms with Crippen molar-refractivity contribution in [2.24, 2.45) is 16.7 Å². The molecular formula is C11H16Br2O2. The van der Waals surface area contributed by atoms with Gasteiger partial charge in [-0.1, -0.05) is 45.7 Å². The van der Waals surface area contributed by atoms with Crippen LogP contribution in [0, 0.1) is 16.7 Å². The van der Waals surface area contributed by atoms with Crippen molar-refractivity contribution >= 4 is 37.8 Å². The fourth-order valence-corrected chi connectivity index (χ4v) is 5.74. The van der Waals surface area contributed by atoms with E-state index in [2.05, 4.69) is 45.7 Å². The molecule has 2 aliphatic rings. The zero-order chi connectivity index (χ0) is 11.5. The minimum absolute atomic E-state index is 0.0488. The van der Waals surface area contributed by atoms with E-state index in [4.69, 9.17) is 0 Å². The van der Waals surface area contributed by atoms with Crippen LogP contribution in [0.5, 0.6) is 0 Å². The monoisotopic (exact) mass is 338 g/mol. The summed E-state index contributed by atoms with van der Waals surface area (Å²) in [4.78, 5) is 11.6. The van der Waals surface area contributed by atoms with Crippen LogP contribution in [0.3, 0.4) is 0 Å². The minimum Gasteiger partial charge on any atom is -0.481 e. The van der Waals surface area contributed by atoms with Crippen molar-refractivity contribution < 1.29 is 9.90 Å². The van der Waals surface area contributed by atoms with Gasteiger partial charge in [0.1, 0.15) is 0 Å². The lowest BCUT2D eigenvalue weighted by molar-refractivity contribution is -0.150. The standard InChI is InChI=1S/C11H16Br2O2/c1-9(2)7-3-4-10(5-7,8(14)15)11(9,13)6-12/h7H,3-6H2,1-2H3,(H,14,15)/t7-,10+,11+/m1/s1. The van der Waals surface area contributed by atoms with Crippen LogP contribution in [0.1, 0.15) is 33.1 Å². The third kappa shape index (κ3) is 1.13. The summed E-state index contributed by atoms with van der Waals surface area (Å²) in [5.41, 5.74) is -0.516. The first-order valence-electron chi connectivity index (χ1n) is 5.30. The maximum Gasteiger partial charge on any atom is 0.311 e. The largest absolute Gasteiger partial charge is 0.481 e. The summed E-state index contributed by atoms with van der Waals surface area (Å²) in [5.74, 6) is -0.0996. The molecule has 0 aromatic heterocycles. The maximum atomic E-state index is 11.6. The number of fused-ring (bicyclic) bond motifs is 2. The van der Waals surface area contributed by atoms with Gasteiger partial charge in [0, 0.05) is 5.33 Å². The molecule has 2 bridgehead atoms. The van der Waals surface area contributed by atoms with Gasteiger partial charge < -0.3 is 5.11 Å². The molecule has 2 aliphatic carbocycles. The van der Waals surface area contributed by atoms with E-state index in [1.807, 2.05) is 0 Å². The molecule has 0 spiro atoms. The molecule has 0 heterocycles. The Labute approximate surface area is 107 Å². The van der Waals surface area contributed by atoms with Gasteiger partial charge in [0.25, 0.3) is 0 Å². The molecule has 4 heteroatoms. The third-order valence-electron chi connectivity index (χ3n) is 4.91. The van der Waals surface area contributed by atoms with Crippen molar-refractivity contribution in [2.45, 2.75) is 37.4 Å². The molecule has 2 saturated carbocycles. The SMILES string of the molecule is CC1(C)[C@@H]2CC[C@@](C(=O)O)(C2)[C@]1(Br)CBr. The average Bonchev–Trinajstić information content (AvgIpc) is 2.67. The van der Waals surface area contributed by atoms with Crippen LogP contribution in [-0.2, 0) is 4.79 Å². The number of halogens is 2. The van der Waals surface area contributed by atoms with E-state index in [-0.39, 0.29) is 9.74 Å². The van der Waals surface area contributed by atoms with Gasteiger partial charge in [-0.25, -0.2) is 0 Å². The molecule has 2 fully saturated rings. The number of hydrogen-bond donors (Lipinski definition) is 1. The molecule has 15 heavy (non-hydrogen) atoms. The molecule has 0 radical (unpaired) electrons. The highest BCUT2D eigenvalue weighted by Gasteiger charge is 2.72. The molecule has 3 atom stereocenters. The minimum atomic E-state index is -0.633. The molecule has 0 aliphatic heterocycles. The van der Waals surface area contributed by atoms with Gasteiger partial charge in [-0.15, -0.1) is 0 Å². The topological polar surface area (TPSA) is 37.3 Å². The molecule has 0 aromatic rings. The Morgan fingerprint density at radius 3 is 2.53 bits per heavy atom. The average molecular weight is 340 g/mol. The summed E-state index contributed by atoms with van der Waals surface area (Å²) in [6.07, 6.45) is 2.69. The van der Waals surface area contributed by atoms with Crippen molar-refractivity contribution in [1.82, 2.24) is 0 Å². The van der Waals surface area contributed by atoms with Crippen LogP contribution in [0.15, 0.2) is 0 Å². The van der Waals surface area contributed by atoms with Crippen LogP contribution >= 0.6 is 31.9 Å². The summed E-state index contributed by atoms with van der Waals surface area (Å²) in [6.45, 7) is 4.38. The first-order chi connectivity index (χ1) is 6.82. The molecule has 0 aromatic carbocycles. The normalized spacial score (nSPS) is 47.1. The summed E-state index contributed by atoms with van der Waals surface area (Å²) in [5, 5.41) is 10.2. The van der Waals surface area contributed by atoms with Crippen LogP contribution in [-0.4, -0.2) is 20.7 Å². The third-order valence-corrected chi connectivity index (χ3v) is 8.56. The molecular weight excluding hydrogens is 324 g/mol. The van der Waals surface area contributed by atoms with Gasteiger partial charge in [-0.3, -0.25) is 4.79 Å². The molecule has 0 amide bonds. The molecule has 0 unspecified atom stereocenters. The number of alkyl halides is 2. The summed E-state index contributed by atoms with van der Waals surface area (Å²) < 4.78 is -0.304. The van der Waals surface area contributed by atoms with Crippen molar-refractivity contribution in [1.29, 1.82) is 0 Å². The predicted molar refractivity (Wildman–Crippen MR) is 66.6 cm³/mol. The second-order valence-corrected chi connectivity index (χ2v) is 7.40. The number of hydrogen-bond acceptors (Lipinski definition) is 1. The van der Waals surface area contributed by atoms with Crippen molar-refractivity contribution in [3.05, 3.63) is 0 Å². The van der Waals surface area contributed by atoms with E-state index in [0.717, 1.165) is 19.3 Å². The highest BCUT2D eigenvalue weighted by Crippen LogP contribution is 2.71. The Hall–Kier alpha value is 0.430. The summed E-state index contributed by atoms with van der Waals surface area (Å²) >= 11 is 7.26. The van der Waals surface area contributed by atoms with Gasteiger partial charge in [-0.2, -0.15) is 0 Å². The first kappa shape index (κ1) is 11.9. The molecule has 1 N–H and O–H groups in total. The summed E-state index contributed by atoms with van der Waals surface area (Å²) in [7, 11) is 0. The Bertz CT molecular complexity index is 316. The van der Waals surface area contributed by atoms with Crippen LogP contribution in [0.25, 0.3) is 0 Å². The van der Waals surface area contributed by atoms with Crippen LogP contribution in [0.2, 0.25) is 0 Å². The molecule has 86 valence electrons. The zero-order valence-electron chi connectivity index (χ0n) is 9.02. The lowest BCUT2D eigenvalue weighted by Gasteiger charge is -2.49. The van der Waals surface area contributed by atoms with Crippen molar-refractivity contribution in [3.8, 4) is 0 Å². The zero-order valence-corrected chi connectivity index (χ0v) is 12.2. The smallest absolute Gasteiger partial charge is 0.311 e. The number of rotatable bonds is 2. The van der Waals surface area contributed by atoms with E-state index in [9.17, 15) is 9.90 Å². The second kappa shape index (κ2) is 3.22. The fourth-order valence-electron chi connectivity index (χ4n) is 3.63. The molecule has 2 rings (SSSR count). The van der Waals surface area contributed by atoms with Crippen LogP contribution in [0.4, 0.5) is 0 Å². The van der Waals surface area contributed by atoms with Crippen molar-refractivity contribution in [2.75, 3.05) is 5.33 Å². The van der Waals surface area contributed by atoms with Crippen molar-refractivity contribution in [3.63, 3.8) is 0 Å². The van der Waals surface area contributed by atoms with E-state index >= 15 is 0 Å². The number of aliphatic carboxylic acids is 1. The van der Waals surface area contributed by atoms with E-state index < -0.39 is 11.4 Å². The molecule has 0 saturated heterocycles. The lowest BCUT2D eigenvalue weighted by atomic mass is 9.64. The quantitative estimate of drug-likeness (QED) is 0.782. The molecule has 2 nitrogen and oxygen atoms in total. The maximum absolute atomic E-state index is 11.6. The van der Waals surface area contributed by atoms with E-state index in [1.54, 1.807) is 0 Å². The van der Waals surface area contributed by atoms with E-state index in [1.165, 1.54) is 0 Å². The van der Waals surface area contributed by atoms with Gasteiger partial charge in [0.2, 0.25) is 0 Å². The Morgan fingerprint density at radius 1 is 1.53 bits per heavy atom. The number of carboxylic acids is 1. The lowest BCUT2D eigenvalue weighted by Crippen LogP contribution is -2.55. The number of carboxylic acid groups (broad SMARTS) is 1. The Kier molecular flexibility index (Phi) is 2.56. The fraction of sp³-hybridized carbons (Fsp3) is 0.909. The second-order valence-electron chi connectivity index (χ2n) is 5.48. The highest BCUT2D eigenvalue weighted by atomic mass is 79.9. The predicted octanol–water partition coefficient (Wildman–Crippen LogP) is 3.43. The first-order valence-corrected chi connectivity index (χ1v) is 7.21. The van der Waals surface area contributed by atoms with Crippen LogP contribution < -0.4 is 0 Å². The van der Waals surface area contributed by atoms with Gasteiger partial charge >= 0.3 is 5.97 Å². The number of carbonyl (C=O) groups is 1. The Morgan fingerprint density at radius 2 is 2.13 bits per heavy atom. The summed E-state index contributed by atoms with van der Waals surface area (Å²) in [6, 6.07) is 0. The Balaban J connectivity index is 2.54. The highest BCUT2D eigenvalue weighted by molar-refractivity contribution is 9.12. The van der Waals surface area contributed by atoms with Gasteiger partial charge in [0.15, 0.2) is 0 Å². The van der Waals surface area contributed by atoms with Gasteiger partial charge in [0.05, 0.1) is 9.74 Å². The van der Waals surface area contributed by atoms with E-state index in [0.29, 0.717) is 11.2 Å². The van der Waals surface area contributed by atoms with Gasteiger partial charge in [-0.05, 0) is 30.6 Å².